The second-order valence-electron chi connectivity index (χ2n) is 10.6. The highest BCUT2D eigenvalue weighted by Gasteiger charge is 2.52. The van der Waals surface area contributed by atoms with E-state index in [1.165, 1.54) is 5.56 Å². The summed E-state index contributed by atoms with van der Waals surface area (Å²) >= 11 is 0. The highest BCUT2D eigenvalue weighted by atomic mass is 16.6. The van der Waals surface area contributed by atoms with Gasteiger partial charge < -0.3 is 24.1 Å². The largest absolute Gasteiger partial charge is 0.497 e. The summed E-state index contributed by atoms with van der Waals surface area (Å²) in [6, 6.07) is 13.6. The number of benzene rings is 2. The zero-order chi connectivity index (χ0) is 24.0. The second kappa shape index (κ2) is 8.56. The van der Waals surface area contributed by atoms with Gasteiger partial charge in [-0.25, -0.2) is 0 Å². The lowest BCUT2D eigenvalue weighted by atomic mass is 9.72. The number of hydrogen-bond acceptors (Lipinski definition) is 5. The molecule has 0 aliphatic carbocycles. The number of carboxylic acid groups (broad SMARTS) is 1. The number of hydrogen-bond donors (Lipinski definition) is 1. The zero-order valence-electron chi connectivity index (χ0n) is 20.3. The molecule has 2 heterocycles. The summed E-state index contributed by atoms with van der Waals surface area (Å²) in [7, 11) is 1.62. The predicted molar refractivity (Wildman–Crippen MR) is 125 cm³/mol. The smallest absolute Gasteiger partial charge is 0.309 e. The zero-order valence-corrected chi connectivity index (χ0v) is 20.3. The molecule has 178 valence electrons. The van der Waals surface area contributed by atoms with Crippen molar-refractivity contribution in [1.82, 2.24) is 0 Å². The summed E-state index contributed by atoms with van der Waals surface area (Å²) < 4.78 is 24.2. The van der Waals surface area contributed by atoms with E-state index in [1.54, 1.807) is 7.11 Å². The highest BCUT2D eigenvalue weighted by molar-refractivity contribution is 5.71. The normalized spacial score (nSPS) is 25.9. The highest BCUT2D eigenvalue weighted by Crippen LogP contribution is 2.52. The predicted octanol–water partition coefficient (Wildman–Crippen LogP) is 5.39. The Morgan fingerprint density at radius 2 is 1.79 bits per heavy atom. The molecule has 4 rings (SSSR count). The molecule has 0 aromatic heterocycles. The SMILES string of the molecule is COc1ccc2c(c1)[C@H]1O[C@@H](COc3ccc(C(C)(C)C)cc3)[C@@H](C(=O)O)C[C@@H]1C(C)(C)O2. The van der Waals surface area contributed by atoms with Crippen LogP contribution < -0.4 is 14.2 Å². The van der Waals surface area contributed by atoms with E-state index in [4.69, 9.17) is 18.9 Å². The number of aliphatic carboxylic acids is 1. The number of ether oxygens (including phenoxy) is 4. The van der Waals surface area contributed by atoms with E-state index in [2.05, 4.69) is 20.8 Å². The van der Waals surface area contributed by atoms with Crippen molar-refractivity contribution in [2.45, 2.75) is 64.3 Å². The monoisotopic (exact) mass is 454 g/mol. The van der Waals surface area contributed by atoms with Crippen LogP contribution in [0.25, 0.3) is 0 Å². The van der Waals surface area contributed by atoms with Crippen LogP contribution in [-0.2, 0) is 14.9 Å². The number of carbonyl (C=O) groups is 1. The quantitative estimate of drug-likeness (QED) is 0.653. The first kappa shape index (κ1) is 23.4. The van der Waals surface area contributed by atoms with Gasteiger partial charge in [0.25, 0.3) is 0 Å². The standard InChI is InChI=1S/C27H34O6/c1-26(2,3)16-7-9-17(10-8-16)31-15-23-20(25(28)29)14-21-24(32-23)19-13-18(30-6)11-12-22(19)33-27(21,4)5/h7-13,20-21,23-24H,14-15H2,1-6H3,(H,28,29)/t20-,21-,23-,24+/m0/s1. The van der Waals surface area contributed by atoms with E-state index in [0.29, 0.717) is 17.9 Å². The molecule has 0 spiro atoms. The molecule has 4 atom stereocenters. The molecule has 0 saturated carbocycles. The Labute approximate surface area is 195 Å². The molecular formula is C27H34O6. The van der Waals surface area contributed by atoms with Gasteiger partial charge in [-0.1, -0.05) is 32.9 Å². The summed E-state index contributed by atoms with van der Waals surface area (Å²) in [5.74, 6) is 0.486. The summed E-state index contributed by atoms with van der Waals surface area (Å²) in [6.45, 7) is 10.6. The van der Waals surface area contributed by atoms with Gasteiger partial charge in [-0.2, -0.15) is 0 Å². The first-order valence-electron chi connectivity index (χ1n) is 11.5. The van der Waals surface area contributed by atoms with Crippen LogP contribution in [-0.4, -0.2) is 36.5 Å². The first-order valence-corrected chi connectivity index (χ1v) is 11.5. The Morgan fingerprint density at radius 1 is 1.12 bits per heavy atom. The fraction of sp³-hybridized carbons (Fsp3) is 0.519. The lowest BCUT2D eigenvalue weighted by Crippen LogP contribution is -2.53. The van der Waals surface area contributed by atoms with Crippen molar-refractivity contribution < 1.29 is 28.8 Å². The second-order valence-corrected chi connectivity index (χ2v) is 10.6. The third-order valence-corrected chi connectivity index (χ3v) is 6.88. The number of fused-ring (bicyclic) bond motifs is 3. The van der Waals surface area contributed by atoms with Gasteiger partial charge in [-0.15, -0.1) is 0 Å². The fourth-order valence-corrected chi connectivity index (χ4v) is 4.84. The van der Waals surface area contributed by atoms with Crippen LogP contribution in [0.15, 0.2) is 42.5 Å². The van der Waals surface area contributed by atoms with E-state index < -0.39 is 23.6 Å². The minimum absolute atomic E-state index is 0.0543. The molecule has 2 aromatic carbocycles. The van der Waals surface area contributed by atoms with Gasteiger partial charge >= 0.3 is 5.97 Å². The Kier molecular flexibility index (Phi) is 6.08. The maximum atomic E-state index is 12.2. The van der Waals surface area contributed by atoms with Crippen LogP contribution >= 0.6 is 0 Å². The Balaban J connectivity index is 1.58. The van der Waals surface area contributed by atoms with Crippen molar-refractivity contribution in [3.8, 4) is 17.2 Å². The molecular weight excluding hydrogens is 420 g/mol. The lowest BCUT2D eigenvalue weighted by molar-refractivity contribution is -0.192. The molecule has 2 aromatic rings. The molecule has 2 aliphatic heterocycles. The molecule has 0 amide bonds. The van der Waals surface area contributed by atoms with E-state index in [9.17, 15) is 9.90 Å². The molecule has 2 aliphatic rings. The average molecular weight is 455 g/mol. The van der Waals surface area contributed by atoms with E-state index in [0.717, 1.165) is 11.3 Å². The number of rotatable bonds is 5. The summed E-state index contributed by atoms with van der Waals surface area (Å²) in [6.07, 6.45) is -0.439. The van der Waals surface area contributed by atoms with Crippen molar-refractivity contribution in [2.24, 2.45) is 11.8 Å². The van der Waals surface area contributed by atoms with Crippen LogP contribution in [0.1, 0.15) is 58.3 Å². The summed E-state index contributed by atoms with van der Waals surface area (Å²) in [5, 5.41) is 9.97. The molecule has 0 unspecified atom stereocenters. The fourth-order valence-electron chi connectivity index (χ4n) is 4.84. The molecule has 6 nitrogen and oxygen atoms in total. The summed E-state index contributed by atoms with van der Waals surface area (Å²) in [4.78, 5) is 12.2. The van der Waals surface area contributed by atoms with Gasteiger partial charge in [-0.05, 0) is 61.6 Å². The van der Waals surface area contributed by atoms with E-state index >= 15 is 0 Å². The van der Waals surface area contributed by atoms with Gasteiger partial charge in [0.15, 0.2) is 0 Å². The third-order valence-electron chi connectivity index (χ3n) is 6.88. The Bertz CT molecular complexity index is 1000. The van der Waals surface area contributed by atoms with Crippen molar-refractivity contribution in [3.63, 3.8) is 0 Å². The van der Waals surface area contributed by atoms with Crippen molar-refractivity contribution in [2.75, 3.05) is 13.7 Å². The number of methoxy groups -OCH3 is 1. The van der Waals surface area contributed by atoms with Gasteiger partial charge in [0.2, 0.25) is 0 Å². The third kappa shape index (κ3) is 4.67. The molecule has 0 bridgehead atoms. The van der Waals surface area contributed by atoms with Crippen LogP contribution in [0.5, 0.6) is 17.2 Å². The lowest BCUT2D eigenvalue weighted by Gasteiger charge is -2.50. The van der Waals surface area contributed by atoms with E-state index in [-0.39, 0.29) is 24.0 Å². The molecule has 1 fully saturated rings. The average Bonchev–Trinajstić information content (AvgIpc) is 2.76. The van der Waals surface area contributed by atoms with Crippen molar-refractivity contribution in [1.29, 1.82) is 0 Å². The van der Waals surface area contributed by atoms with E-state index in [1.807, 2.05) is 56.3 Å². The maximum Gasteiger partial charge on any atom is 0.309 e. The minimum atomic E-state index is -0.877. The topological polar surface area (TPSA) is 74.2 Å². The molecule has 1 saturated heterocycles. The number of carboxylic acids is 1. The van der Waals surface area contributed by atoms with Crippen molar-refractivity contribution >= 4 is 5.97 Å². The van der Waals surface area contributed by atoms with Gasteiger partial charge in [0, 0.05) is 11.5 Å². The van der Waals surface area contributed by atoms with Gasteiger partial charge in [-0.3, -0.25) is 4.79 Å². The maximum absolute atomic E-state index is 12.2. The van der Waals surface area contributed by atoms with Gasteiger partial charge in [0.1, 0.15) is 35.6 Å². The summed E-state index contributed by atoms with van der Waals surface area (Å²) in [5.41, 5.74) is 1.60. The van der Waals surface area contributed by atoms with Crippen molar-refractivity contribution in [3.05, 3.63) is 53.6 Å². The minimum Gasteiger partial charge on any atom is -0.497 e. The molecule has 6 heteroatoms. The van der Waals surface area contributed by atoms with Crippen LogP contribution in [0.2, 0.25) is 0 Å². The first-order chi connectivity index (χ1) is 15.5. The van der Waals surface area contributed by atoms with Crippen LogP contribution in [0.3, 0.4) is 0 Å². The molecule has 0 radical (unpaired) electrons. The van der Waals surface area contributed by atoms with Crippen LogP contribution in [0.4, 0.5) is 0 Å². The Hall–Kier alpha value is -2.73. The molecule has 1 N–H and O–H groups in total. The van der Waals surface area contributed by atoms with Crippen LogP contribution in [0, 0.1) is 11.8 Å². The van der Waals surface area contributed by atoms with Gasteiger partial charge in [0.05, 0.1) is 19.1 Å². The Morgan fingerprint density at radius 3 is 2.39 bits per heavy atom. The molecule has 33 heavy (non-hydrogen) atoms.